The molecule has 0 saturated heterocycles. The third-order valence-corrected chi connectivity index (χ3v) is 2.16. The average molecular weight is 256 g/mol. The molecule has 1 heterocycles. The molecule has 0 aliphatic rings. The first-order valence-corrected chi connectivity index (χ1v) is 4.65. The van der Waals surface area contributed by atoms with Crippen LogP contribution in [0.2, 0.25) is 5.15 Å². The molecule has 0 aromatic carbocycles. The van der Waals surface area contributed by atoms with Gasteiger partial charge >= 0.3 is 5.97 Å². The summed E-state index contributed by atoms with van der Waals surface area (Å²) in [6.07, 6.45) is -2.91. The zero-order valence-electron chi connectivity index (χ0n) is 7.18. The minimum atomic E-state index is -2.91. The van der Waals surface area contributed by atoms with E-state index in [4.69, 9.17) is 28.3 Å². The van der Waals surface area contributed by atoms with Gasteiger partial charge in [-0.15, -0.1) is 11.6 Å². The van der Waals surface area contributed by atoms with Crippen molar-refractivity contribution >= 4 is 29.2 Å². The van der Waals surface area contributed by atoms with Crippen LogP contribution in [0.15, 0.2) is 6.07 Å². The zero-order valence-corrected chi connectivity index (χ0v) is 8.69. The van der Waals surface area contributed by atoms with Gasteiger partial charge in [-0.2, -0.15) is 0 Å². The van der Waals surface area contributed by atoms with E-state index in [-0.39, 0.29) is 22.2 Å². The largest absolute Gasteiger partial charge is 0.478 e. The van der Waals surface area contributed by atoms with Crippen molar-refractivity contribution in [1.29, 1.82) is 0 Å². The van der Waals surface area contributed by atoms with E-state index in [9.17, 15) is 13.6 Å². The maximum absolute atomic E-state index is 12.5. The number of aromatic nitrogens is 1. The number of pyridine rings is 1. The fourth-order valence-corrected chi connectivity index (χ4v) is 1.55. The first-order chi connectivity index (χ1) is 6.97. The summed E-state index contributed by atoms with van der Waals surface area (Å²) < 4.78 is 24.9. The van der Waals surface area contributed by atoms with Crippen LogP contribution in [-0.4, -0.2) is 16.1 Å². The second-order valence-electron chi connectivity index (χ2n) is 2.60. The fraction of sp³-hybridized carbons (Fsp3) is 0.250. The molecular weight excluding hydrogens is 251 g/mol. The predicted molar refractivity (Wildman–Crippen MR) is 50.7 cm³/mol. The third kappa shape index (κ3) is 2.54. The minimum absolute atomic E-state index is 0.205. The van der Waals surface area contributed by atoms with Crippen molar-refractivity contribution in [1.82, 2.24) is 4.98 Å². The Labute approximate surface area is 93.6 Å². The smallest absolute Gasteiger partial charge is 0.336 e. The number of carboxylic acids is 1. The highest BCUT2D eigenvalue weighted by Crippen LogP contribution is 2.27. The number of carboxylic acid groups (broad SMARTS) is 1. The van der Waals surface area contributed by atoms with Gasteiger partial charge in [0.2, 0.25) is 0 Å². The van der Waals surface area contributed by atoms with Crippen LogP contribution >= 0.6 is 23.2 Å². The van der Waals surface area contributed by atoms with E-state index in [1.54, 1.807) is 0 Å². The predicted octanol–water partition coefficient (Wildman–Crippen LogP) is 3.11. The topological polar surface area (TPSA) is 50.2 Å². The van der Waals surface area contributed by atoms with E-state index in [0.29, 0.717) is 0 Å². The van der Waals surface area contributed by atoms with Gasteiger partial charge in [0.05, 0.1) is 11.4 Å². The molecule has 1 aromatic rings. The van der Waals surface area contributed by atoms with Gasteiger partial charge in [-0.05, 0) is 6.07 Å². The SMILES string of the molecule is O=C(O)c1cc(Cl)nc(C(F)F)c1CCl. The van der Waals surface area contributed by atoms with Crippen LogP contribution in [0.5, 0.6) is 0 Å². The Balaban J connectivity index is 3.45. The highest BCUT2D eigenvalue weighted by Gasteiger charge is 2.21. The number of hydrogen-bond donors (Lipinski definition) is 1. The molecule has 0 atom stereocenters. The van der Waals surface area contributed by atoms with Gasteiger partial charge in [0.25, 0.3) is 6.43 Å². The molecule has 15 heavy (non-hydrogen) atoms. The Bertz CT molecular complexity index is 398. The van der Waals surface area contributed by atoms with Gasteiger partial charge in [0.15, 0.2) is 0 Å². The quantitative estimate of drug-likeness (QED) is 0.667. The summed E-state index contributed by atoms with van der Waals surface area (Å²) in [4.78, 5) is 14.1. The first-order valence-electron chi connectivity index (χ1n) is 3.74. The zero-order chi connectivity index (χ0) is 11.6. The summed E-state index contributed by atoms with van der Waals surface area (Å²) in [5.74, 6) is -1.72. The Morgan fingerprint density at radius 3 is 2.60 bits per heavy atom. The Morgan fingerprint density at radius 1 is 1.60 bits per heavy atom. The lowest BCUT2D eigenvalue weighted by molar-refractivity contribution is 0.0695. The molecule has 1 aromatic heterocycles. The lowest BCUT2D eigenvalue weighted by Crippen LogP contribution is -2.07. The second-order valence-corrected chi connectivity index (χ2v) is 3.25. The third-order valence-electron chi connectivity index (χ3n) is 1.70. The van der Waals surface area contributed by atoms with Crippen LogP contribution in [0.4, 0.5) is 8.78 Å². The number of halogens is 4. The maximum atomic E-state index is 12.5. The van der Waals surface area contributed by atoms with E-state index in [1.807, 2.05) is 0 Å². The molecule has 0 radical (unpaired) electrons. The van der Waals surface area contributed by atoms with Crippen molar-refractivity contribution < 1.29 is 18.7 Å². The van der Waals surface area contributed by atoms with E-state index in [0.717, 1.165) is 6.07 Å². The maximum Gasteiger partial charge on any atom is 0.336 e. The van der Waals surface area contributed by atoms with Crippen molar-refractivity contribution in [2.75, 3.05) is 0 Å². The number of rotatable bonds is 3. The summed E-state index contributed by atoms with van der Waals surface area (Å²) in [5, 5.41) is 8.44. The Kier molecular flexibility index (Phi) is 3.82. The van der Waals surface area contributed by atoms with Crippen LogP contribution in [0.1, 0.15) is 28.0 Å². The molecule has 7 heteroatoms. The molecule has 0 fully saturated rings. The van der Waals surface area contributed by atoms with Gasteiger partial charge in [0.1, 0.15) is 10.8 Å². The molecule has 0 spiro atoms. The normalized spacial score (nSPS) is 10.7. The Hall–Kier alpha value is -0.940. The highest BCUT2D eigenvalue weighted by molar-refractivity contribution is 6.29. The van der Waals surface area contributed by atoms with Gasteiger partial charge in [-0.3, -0.25) is 0 Å². The minimum Gasteiger partial charge on any atom is -0.478 e. The van der Waals surface area contributed by atoms with Crippen LogP contribution in [0, 0.1) is 0 Å². The molecular formula is C8H5Cl2F2NO2. The molecule has 1 N–H and O–H groups in total. The van der Waals surface area contributed by atoms with E-state index in [1.165, 1.54) is 0 Å². The van der Waals surface area contributed by atoms with Crippen molar-refractivity contribution in [3.05, 3.63) is 28.0 Å². The van der Waals surface area contributed by atoms with Crippen molar-refractivity contribution in [2.45, 2.75) is 12.3 Å². The van der Waals surface area contributed by atoms with Crippen molar-refractivity contribution in [3.63, 3.8) is 0 Å². The average Bonchev–Trinajstić information content (AvgIpc) is 2.16. The van der Waals surface area contributed by atoms with E-state index < -0.39 is 18.1 Å². The standard InChI is InChI=1S/C8H5Cl2F2NO2/c9-2-4-3(8(14)15)1-5(10)13-6(4)7(11)12/h1,7H,2H2,(H,14,15). The molecule has 1 rings (SSSR count). The lowest BCUT2D eigenvalue weighted by atomic mass is 10.1. The van der Waals surface area contributed by atoms with Crippen LogP contribution < -0.4 is 0 Å². The summed E-state index contributed by atoms with van der Waals surface area (Å²) in [6.45, 7) is 0. The summed E-state index contributed by atoms with van der Waals surface area (Å²) in [5.41, 5.74) is -1.24. The Morgan fingerprint density at radius 2 is 2.20 bits per heavy atom. The molecule has 0 bridgehead atoms. The summed E-state index contributed by atoms with van der Waals surface area (Å²) in [6, 6.07) is 0.994. The van der Waals surface area contributed by atoms with Gasteiger partial charge in [-0.25, -0.2) is 18.6 Å². The van der Waals surface area contributed by atoms with Crippen molar-refractivity contribution in [3.8, 4) is 0 Å². The molecule has 82 valence electrons. The molecule has 0 saturated carbocycles. The second kappa shape index (κ2) is 4.72. The van der Waals surface area contributed by atoms with Crippen LogP contribution in [0.25, 0.3) is 0 Å². The number of carbonyl (C=O) groups is 1. The molecule has 0 amide bonds. The van der Waals surface area contributed by atoms with Gasteiger partial charge in [0, 0.05) is 5.56 Å². The van der Waals surface area contributed by atoms with Gasteiger partial charge < -0.3 is 5.11 Å². The number of nitrogens with zero attached hydrogens (tertiary/aromatic N) is 1. The summed E-state index contributed by atoms with van der Waals surface area (Å²) >= 11 is 10.8. The van der Waals surface area contributed by atoms with Crippen LogP contribution in [-0.2, 0) is 5.88 Å². The molecule has 3 nitrogen and oxygen atoms in total. The van der Waals surface area contributed by atoms with Crippen molar-refractivity contribution in [2.24, 2.45) is 0 Å². The number of hydrogen-bond acceptors (Lipinski definition) is 2. The number of aromatic carboxylic acids is 1. The molecule has 0 aliphatic heterocycles. The highest BCUT2D eigenvalue weighted by atomic mass is 35.5. The fourth-order valence-electron chi connectivity index (χ4n) is 1.07. The van der Waals surface area contributed by atoms with E-state index in [2.05, 4.69) is 4.98 Å². The first kappa shape index (κ1) is 12.1. The van der Waals surface area contributed by atoms with Gasteiger partial charge in [-0.1, -0.05) is 11.6 Å². The summed E-state index contributed by atoms with van der Waals surface area (Å²) in [7, 11) is 0. The lowest BCUT2D eigenvalue weighted by Gasteiger charge is -2.09. The molecule has 0 aliphatic carbocycles. The molecule has 0 unspecified atom stereocenters. The number of alkyl halides is 3. The monoisotopic (exact) mass is 255 g/mol. The van der Waals surface area contributed by atoms with Crippen LogP contribution in [0.3, 0.4) is 0 Å². The van der Waals surface area contributed by atoms with E-state index >= 15 is 0 Å².